The van der Waals surface area contributed by atoms with Crippen molar-refractivity contribution in [1.82, 2.24) is 0 Å². The van der Waals surface area contributed by atoms with Gasteiger partial charge in [0.15, 0.2) is 6.29 Å². The van der Waals surface area contributed by atoms with E-state index in [1.54, 1.807) is 25.3 Å². The predicted molar refractivity (Wildman–Crippen MR) is 136 cm³/mol. The van der Waals surface area contributed by atoms with Crippen molar-refractivity contribution in [2.45, 2.75) is 20.5 Å². The Morgan fingerprint density at radius 1 is 0.765 bits per heavy atom. The highest BCUT2D eigenvalue weighted by molar-refractivity contribution is 6.04. The van der Waals surface area contributed by atoms with Crippen molar-refractivity contribution >= 4 is 17.1 Å². The Hall–Kier alpha value is -3.67. The molecule has 0 bridgehead atoms. The molecule has 5 nitrogen and oxygen atoms in total. The Morgan fingerprint density at radius 2 is 1.32 bits per heavy atom. The van der Waals surface area contributed by atoms with Crippen LogP contribution < -0.4 is 0 Å². The zero-order valence-electron chi connectivity index (χ0n) is 19.7. The van der Waals surface area contributed by atoms with E-state index >= 15 is 0 Å². The molecule has 34 heavy (non-hydrogen) atoms. The van der Waals surface area contributed by atoms with Crippen LogP contribution in [0.4, 0.5) is 0 Å². The first-order chi connectivity index (χ1) is 16.5. The van der Waals surface area contributed by atoms with Gasteiger partial charge in [-0.1, -0.05) is 48.5 Å². The van der Waals surface area contributed by atoms with Crippen molar-refractivity contribution in [1.29, 1.82) is 0 Å². The van der Waals surface area contributed by atoms with Gasteiger partial charge in [-0.2, -0.15) is 0 Å². The van der Waals surface area contributed by atoms with E-state index in [1.807, 2.05) is 56.3 Å². The highest BCUT2D eigenvalue weighted by Gasteiger charge is 2.12. The third-order valence-electron chi connectivity index (χ3n) is 5.53. The average Bonchev–Trinajstić information content (AvgIpc) is 2.88. The quantitative estimate of drug-likeness (QED) is 0.306. The molecule has 0 saturated heterocycles. The molecule has 0 saturated carbocycles. The van der Waals surface area contributed by atoms with Crippen molar-refractivity contribution in [2.75, 3.05) is 20.3 Å². The maximum Gasteiger partial charge on any atom is 0.153 e. The van der Waals surface area contributed by atoms with Gasteiger partial charge in [0.2, 0.25) is 0 Å². The molecule has 0 spiro atoms. The molecule has 0 radical (unpaired) electrons. The number of fused-ring (bicyclic) bond motifs is 1. The zero-order valence-corrected chi connectivity index (χ0v) is 19.7. The molecule has 0 fully saturated rings. The average molecular weight is 459 g/mol. The van der Waals surface area contributed by atoms with E-state index in [0.29, 0.717) is 19.5 Å². The summed E-state index contributed by atoms with van der Waals surface area (Å²) < 4.78 is 10.0. The Morgan fingerprint density at radius 3 is 1.85 bits per heavy atom. The maximum atomic E-state index is 11.3. The number of benzene rings is 4. The van der Waals surface area contributed by atoms with Gasteiger partial charge in [0, 0.05) is 25.9 Å². The van der Waals surface area contributed by atoms with E-state index in [1.165, 1.54) is 0 Å². The Bertz CT molecular complexity index is 1260. The Balaban J connectivity index is 0.000000751. The monoisotopic (exact) mass is 458 g/mol. The summed E-state index contributed by atoms with van der Waals surface area (Å²) in [5.41, 5.74) is 4.88. The number of carbonyl (C=O) groups excluding carboxylic acids is 1. The van der Waals surface area contributed by atoms with E-state index in [-0.39, 0.29) is 17.1 Å². The fraction of sp³-hybridized carbons (Fsp3) is 0.207. The lowest BCUT2D eigenvalue weighted by molar-refractivity contribution is 0.112. The van der Waals surface area contributed by atoms with Crippen LogP contribution in [0.3, 0.4) is 0 Å². The third-order valence-corrected chi connectivity index (χ3v) is 5.53. The van der Waals surface area contributed by atoms with Gasteiger partial charge in [0.1, 0.15) is 11.5 Å². The van der Waals surface area contributed by atoms with E-state index in [0.717, 1.165) is 45.2 Å². The molecule has 4 rings (SSSR count). The highest BCUT2D eigenvalue weighted by atomic mass is 16.5. The van der Waals surface area contributed by atoms with Gasteiger partial charge in [-0.05, 0) is 71.1 Å². The minimum atomic E-state index is -0.0272. The number of rotatable bonds is 7. The second kappa shape index (κ2) is 12.0. The van der Waals surface area contributed by atoms with E-state index < -0.39 is 0 Å². The third kappa shape index (κ3) is 5.63. The maximum absolute atomic E-state index is 11.3. The van der Waals surface area contributed by atoms with Crippen LogP contribution in [0.1, 0.15) is 29.8 Å². The number of methoxy groups -OCH3 is 1. The summed E-state index contributed by atoms with van der Waals surface area (Å²) in [6, 6.07) is 22.7. The molecule has 0 heterocycles. The lowest BCUT2D eigenvalue weighted by atomic mass is 9.92. The van der Waals surface area contributed by atoms with Crippen molar-refractivity contribution in [3.63, 3.8) is 0 Å². The van der Waals surface area contributed by atoms with Gasteiger partial charge >= 0.3 is 0 Å². The fourth-order valence-corrected chi connectivity index (χ4v) is 3.71. The van der Waals surface area contributed by atoms with E-state index in [4.69, 9.17) is 4.74 Å². The molecule has 0 aliphatic heterocycles. The van der Waals surface area contributed by atoms with Gasteiger partial charge in [-0.25, -0.2) is 0 Å². The number of aromatic hydroxyl groups is 2. The molecular formula is C29H30O5. The summed E-state index contributed by atoms with van der Waals surface area (Å²) in [5, 5.41) is 22.1. The molecule has 0 amide bonds. The second-order valence-corrected chi connectivity index (χ2v) is 7.66. The molecule has 2 N–H and O–H groups in total. The van der Waals surface area contributed by atoms with Crippen LogP contribution in [0.25, 0.3) is 33.0 Å². The Kier molecular flexibility index (Phi) is 8.79. The summed E-state index contributed by atoms with van der Waals surface area (Å²) in [5.74, 6) is 0.194. The number of carbonyl (C=O) groups is 1. The van der Waals surface area contributed by atoms with Gasteiger partial charge in [0.05, 0.1) is 12.2 Å². The number of hydrogen-bond donors (Lipinski definition) is 2. The molecule has 0 aromatic heterocycles. The van der Waals surface area contributed by atoms with Crippen molar-refractivity contribution in [3.05, 3.63) is 83.9 Å². The van der Waals surface area contributed by atoms with Crippen molar-refractivity contribution in [3.8, 4) is 33.8 Å². The summed E-state index contributed by atoms with van der Waals surface area (Å²) in [7, 11) is 1.68. The molecule has 5 heteroatoms. The predicted octanol–water partition coefficient (Wildman–Crippen LogP) is 6.59. The summed E-state index contributed by atoms with van der Waals surface area (Å²) in [6.07, 6.45) is 0.658. The Labute approximate surface area is 200 Å². The molecule has 0 aliphatic carbocycles. The largest absolute Gasteiger partial charge is 0.508 e. The number of phenolic OH excluding ortho intramolecular Hbond substituents is 2. The first-order valence-electron chi connectivity index (χ1n) is 11.2. The normalized spacial score (nSPS) is 10.6. The first kappa shape index (κ1) is 25.0. The molecule has 0 unspecified atom stereocenters. The van der Waals surface area contributed by atoms with Gasteiger partial charge in [0.25, 0.3) is 0 Å². The minimum Gasteiger partial charge on any atom is -0.508 e. The number of ether oxygens (including phenoxy) is 2. The van der Waals surface area contributed by atoms with Gasteiger partial charge in [-0.15, -0.1) is 0 Å². The summed E-state index contributed by atoms with van der Waals surface area (Å²) in [4.78, 5) is 11.3. The van der Waals surface area contributed by atoms with Crippen LogP contribution in [0.5, 0.6) is 11.5 Å². The molecule has 4 aromatic rings. The van der Waals surface area contributed by atoms with Crippen LogP contribution in [0.15, 0.2) is 72.8 Å². The van der Waals surface area contributed by atoms with E-state index in [2.05, 4.69) is 16.9 Å². The fourth-order valence-electron chi connectivity index (χ4n) is 3.71. The molecule has 0 atom stereocenters. The smallest absolute Gasteiger partial charge is 0.153 e. The zero-order chi connectivity index (χ0) is 24.5. The molecule has 176 valence electrons. The minimum absolute atomic E-state index is 0.0272. The standard InChI is InChI=1S/C26H22O4.C3H8O/c1-2-30-16-20-14-18(10-12-26(20)29)22-6-4-7-23-21(5-3-8-24(22)23)17-9-11-25(28)19(13-17)15-27;1-3-4-2/h3-15,28-29H,2,16H2,1H3;3H2,1-2H3. The van der Waals surface area contributed by atoms with Gasteiger partial charge in [-0.3, -0.25) is 4.79 Å². The van der Waals surface area contributed by atoms with Crippen molar-refractivity contribution in [2.24, 2.45) is 0 Å². The SMILES string of the molecule is CCOC.CCOCc1cc(-c2cccc3c(-c4ccc(O)c(C=O)c4)cccc23)ccc1O. The topological polar surface area (TPSA) is 76.0 Å². The van der Waals surface area contributed by atoms with Gasteiger partial charge < -0.3 is 19.7 Å². The number of hydrogen-bond acceptors (Lipinski definition) is 5. The lowest BCUT2D eigenvalue weighted by Gasteiger charge is -2.13. The second-order valence-electron chi connectivity index (χ2n) is 7.66. The molecular weight excluding hydrogens is 428 g/mol. The van der Waals surface area contributed by atoms with Crippen molar-refractivity contribution < 1.29 is 24.5 Å². The van der Waals surface area contributed by atoms with Crippen LogP contribution >= 0.6 is 0 Å². The first-order valence-corrected chi connectivity index (χ1v) is 11.2. The van der Waals surface area contributed by atoms with Crippen LogP contribution in [0.2, 0.25) is 0 Å². The lowest BCUT2D eigenvalue weighted by Crippen LogP contribution is -1.93. The van der Waals surface area contributed by atoms with Crippen LogP contribution in [-0.2, 0) is 16.1 Å². The van der Waals surface area contributed by atoms with E-state index in [9.17, 15) is 15.0 Å². The summed E-state index contributed by atoms with van der Waals surface area (Å²) in [6.45, 7) is 5.64. The van der Waals surface area contributed by atoms with Crippen LogP contribution in [-0.4, -0.2) is 36.8 Å². The number of aldehydes is 1. The molecule has 4 aromatic carbocycles. The molecule has 0 aliphatic rings. The van der Waals surface area contributed by atoms with Crippen LogP contribution in [0, 0.1) is 0 Å². The summed E-state index contributed by atoms with van der Waals surface area (Å²) >= 11 is 0. The number of phenols is 2. The highest BCUT2D eigenvalue weighted by Crippen LogP contribution is 2.37.